The van der Waals surface area contributed by atoms with Crippen LogP contribution in [0.25, 0.3) is 0 Å². The molecule has 1 saturated carbocycles. The zero-order valence-electron chi connectivity index (χ0n) is 11.7. The summed E-state index contributed by atoms with van der Waals surface area (Å²) < 4.78 is 0. The Labute approximate surface area is 107 Å². The molecule has 1 heteroatoms. The van der Waals surface area contributed by atoms with Gasteiger partial charge in [0, 0.05) is 5.41 Å². The van der Waals surface area contributed by atoms with Crippen molar-refractivity contribution in [1.29, 1.82) is 0 Å². The van der Waals surface area contributed by atoms with Gasteiger partial charge in [0.25, 0.3) is 0 Å². The van der Waals surface area contributed by atoms with Crippen LogP contribution in [0.1, 0.15) is 90.4 Å². The quantitative estimate of drug-likeness (QED) is 0.568. The molecular formula is C16H30O. The van der Waals surface area contributed by atoms with Crippen molar-refractivity contribution in [3.63, 3.8) is 0 Å². The van der Waals surface area contributed by atoms with Crippen molar-refractivity contribution in [2.24, 2.45) is 5.41 Å². The van der Waals surface area contributed by atoms with Gasteiger partial charge in [0.2, 0.25) is 0 Å². The maximum absolute atomic E-state index is 11.2. The van der Waals surface area contributed by atoms with E-state index in [1.54, 1.807) is 0 Å². The molecular weight excluding hydrogens is 208 g/mol. The van der Waals surface area contributed by atoms with E-state index in [0.29, 0.717) is 0 Å². The molecule has 1 fully saturated rings. The van der Waals surface area contributed by atoms with E-state index in [9.17, 15) is 4.79 Å². The Morgan fingerprint density at radius 1 is 0.647 bits per heavy atom. The minimum Gasteiger partial charge on any atom is -0.303 e. The Bertz CT molecular complexity index is 184. The van der Waals surface area contributed by atoms with Gasteiger partial charge in [0.1, 0.15) is 6.29 Å². The van der Waals surface area contributed by atoms with E-state index < -0.39 is 0 Å². The van der Waals surface area contributed by atoms with Crippen molar-refractivity contribution in [2.75, 3.05) is 0 Å². The van der Waals surface area contributed by atoms with Gasteiger partial charge in [-0.25, -0.2) is 0 Å². The smallest absolute Gasteiger partial charge is 0.125 e. The Kier molecular flexibility index (Phi) is 7.55. The third kappa shape index (κ3) is 6.85. The minimum atomic E-state index is -0.0237. The topological polar surface area (TPSA) is 17.1 Å². The average Bonchev–Trinajstić information content (AvgIpc) is 2.34. The third-order valence-electron chi connectivity index (χ3n) is 4.28. The predicted octanol–water partition coefficient (Wildman–Crippen LogP) is 5.28. The van der Waals surface area contributed by atoms with Gasteiger partial charge in [-0.05, 0) is 12.8 Å². The van der Waals surface area contributed by atoms with Crippen LogP contribution in [0.3, 0.4) is 0 Å². The zero-order valence-corrected chi connectivity index (χ0v) is 11.7. The normalized spacial score (nSPS) is 24.8. The van der Waals surface area contributed by atoms with Crippen molar-refractivity contribution < 1.29 is 4.79 Å². The Hall–Kier alpha value is -0.330. The first-order chi connectivity index (χ1) is 8.27. The molecule has 0 aliphatic heterocycles. The minimum absolute atomic E-state index is 0.0237. The molecule has 0 radical (unpaired) electrons. The van der Waals surface area contributed by atoms with Gasteiger partial charge in [-0.15, -0.1) is 0 Å². The van der Waals surface area contributed by atoms with Gasteiger partial charge in [-0.2, -0.15) is 0 Å². The second-order valence-electron chi connectivity index (χ2n) is 6.16. The van der Waals surface area contributed by atoms with Crippen LogP contribution < -0.4 is 0 Å². The molecule has 0 unspecified atom stereocenters. The number of rotatable bonds is 1. The van der Waals surface area contributed by atoms with E-state index in [2.05, 4.69) is 6.92 Å². The van der Waals surface area contributed by atoms with Crippen LogP contribution in [-0.2, 0) is 4.79 Å². The second-order valence-corrected chi connectivity index (χ2v) is 6.16. The van der Waals surface area contributed by atoms with Crippen LogP contribution >= 0.6 is 0 Å². The van der Waals surface area contributed by atoms with Crippen LogP contribution in [0.2, 0.25) is 0 Å². The highest BCUT2D eigenvalue weighted by Crippen LogP contribution is 2.29. The van der Waals surface area contributed by atoms with Crippen LogP contribution in [0, 0.1) is 5.41 Å². The van der Waals surface area contributed by atoms with Crippen molar-refractivity contribution in [3.8, 4) is 0 Å². The van der Waals surface area contributed by atoms with Crippen LogP contribution in [0.4, 0.5) is 0 Å². The molecule has 0 atom stereocenters. The molecule has 0 saturated heterocycles. The van der Waals surface area contributed by atoms with Crippen molar-refractivity contribution >= 4 is 6.29 Å². The fourth-order valence-electron chi connectivity index (χ4n) is 2.89. The molecule has 1 nitrogen and oxygen atoms in total. The number of hydrogen-bond acceptors (Lipinski definition) is 1. The Morgan fingerprint density at radius 2 is 0.941 bits per heavy atom. The number of aldehydes is 1. The summed E-state index contributed by atoms with van der Waals surface area (Å²) in [4.78, 5) is 11.2. The third-order valence-corrected chi connectivity index (χ3v) is 4.28. The van der Waals surface area contributed by atoms with E-state index in [0.717, 1.165) is 12.8 Å². The lowest BCUT2D eigenvalue weighted by Crippen LogP contribution is -2.18. The Balaban J connectivity index is 2.32. The highest BCUT2D eigenvalue weighted by molar-refractivity contribution is 5.58. The van der Waals surface area contributed by atoms with Gasteiger partial charge in [-0.1, -0.05) is 77.6 Å². The lowest BCUT2D eigenvalue weighted by molar-refractivity contribution is -0.116. The maximum atomic E-state index is 11.2. The molecule has 0 aromatic carbocycles. The molecule has 1 aliphatic carbocycles. The van der Waals surface area contributed by atoms with Gasteiger partial charge >= 0.3 is 0 Å². The molecule has 100 valence electrons. The highest BCUT2D eigenvalue weighted by atomic mass is 16.1. The molecule has 0 heterocycles. The Morgan fingerprint density at radius 3 is 1.24 bits per heavy atom. The van der Waals surface area contributed by atoms with E-state index in [4.69, 9.17) is 0 Å². The molecule has 0 bridgehead atoms. The van der Waals surface area contributed by atoms with Crippen LogP contribution in [-0.4, -0.2) is 6.29 Å². The lowest BCUT2D eigenvalue weighted by Gasteiger charge is -2.23. The number of hydrogen-bond donors (Lipinski definition) is 0. The van der Waals surface area contributed by atoms with Gasteiger partial charge in [0.05, 0.1) is 0 Å². The molecule has 1 aliphatic rings. The highest BCUT2D eigenvalue weighted by Gasteiger charge is 2.22. The first-order valence-corrected chi connectivity index (χ1v) is 7.73. The van der Waals surface area contributed by atoms with E-state index in [1.165, 1.54) is 76.9 Å². The standard InChI is InChI=1S/C16H30O/c1-16(15-17)13-11-9-7-5-3-2-4-6-8-10-12-14-16/h15H,2-14H2,1H3. The monoisotopic (exact) mass is 238 g/mol. The summed E-state index contributed by atoms with van der Waals surface area (Å²) in [6.45, 7) is 2.16. The SMILES string of the molecule is CC1(C=O)CCCCCCCCCCCCC1. The first kappa shape index (κ1) is 14.7. The van der Waals surface area contributed by atoms with E-state index >= 15 is 0 Å². The molecule has 1 rings (SSSR count). The molecule has 0 spiro atoms. The number of carbonyl (C=O) groups is 1. The fraction of sp³-hybridized carbons (Fsp3) is 0.938. The van der Waals surface area contributed by atoms with E-state index in [1.807, 2.05) is 0 Å². The maximum Gasteiger partial charge on any atom is 0.125 e. The number of carbonyl (C=O) groups excluding carboxylic acids is 1. The summed E-state index contributed by atoms with van der Waals surface area (Å²) in [6.07, 6.45) is 18.4. The first-order valence-electron chi connectivity index (χ1n) is 7.73. The largest absolute Gasteiger partial charge is 0.303 e. The van der Waals surface area contributed by atoms with Crippen molar-refractivity contribution in [2.45, 2.75) is 90.4 Å². The summed E-state index contributed by atoms with van der Waals surface area (Å²) in [6, 6.07) is 0. The van der Waals surface area contributed by atoms with Crippen LogP contribution in [0.5, 0.6) is 0 Å². The van der Waals surface area contributed by atoms with E-state index in [-0.39, 0.29) is 5.41 Å². The van der Waals surface area contributed by atoms with Gasteiger partial charge < -0.3 is 4.79 Å². The predicted molar refractivity (Wildman–Crippen MR) is 74.2 cm³/mol. The van der Waals surface area contributed by atoms with Crippen LogP contribution in [0.15, 0.2) is 0 Å². The summed E-state index contributed by atoms with van der Waals surface area (Å²) in [5, 5.41) is 0. The molecule has 0 aromatic rings. The summed E-state index contributed by atoms with van der Waals surface area (Å²) in [7, 11) is 0. The van der Waals surface area contributed by atoms with Gasteiger partial charge in [0.15, 0.2) is 0 Å². The summed E-state index contributed by atoms with van der Waals surface area (Å²) in [5.41, 5.74) is -0.0237. The average molecular weight is 238 g/mol. The second kappa shape index (κ2) is 8.72. The van der Waals surface area contributed by atoms with Crippen molar-refractivity contribution in [1.82, 2.24) is 0 Å². The summed E-state index contributed by atoms with van der Waals surface area (Å²) in [5.74, 6) is 0. The zero-order chi connectivity index (χ0) is 12.4. The molecule has 0 N–H and O–H groups in total. The fourth-order valence-corrected chi connectivity index (χ4v) is 2.89. The molecule has 17 heavy (non-hydrogen) atoms. The van der Waals surface area contributed by atoms with Crippen molar-refractivity contribution in [3.05, 3.63) is 0 Å². The summed E-state index contributed by atoms with van der Waals surface area (Å²) >= 11 is 0. The lowest BCUT2D eigenvalue weighted by atomic mass is 9.81. The molecule has 0 aromatic heterocycles. The van der Waals surface area contributed by atoms with Gasteiger partial charge in [-0.3, -0.25) is 0 Å². The molecule has 0 amide bonds.